The van der Waals surface area contributed by atoms with E-state index in [0.29, 0.717) is 13.2 Å². The number of nitrogens with zero attached hydrogens (tertiary/aromatic N) is 1. The molecule has 110 valence electrons. The third-order valence-electron chi connectivity index (χ3n) is 3.96. The normalized spacial score (nSPS) is 23.8. The van der Waals surface area contributed by atoms with Gasteiger partial charge in [0.2, 0.25) is 0 Å². The van der Waals surface area contributed by atoms with Crippen LogP contribution in [0.25, 0.3) is 0 Å². The van der Waals surface area contributed by atoms with E-state index in [1.807, 2.05) is 0 Å². The summed E-state index contributed by atoms with van der Waals surface area (Å²) in [6, 6.07) is 6.67. The fourth-order valence-corrected chi connectivity index (χ4v) is 2.65. The smallest absolute Gasteiger partial charge is 0.304 e. The Bertz CT molecular complexity index is 487. The van der Waals surface area contributed by atoms with Crippen molar-refractivity contribution >= 4 is 5.97 Å². The number of hydrogen-bond donors (Lipinski definition) is 1. The Morgan fingerprint density at radius 2 is 2.20 bits per heavy atom. The van der Waals surface area contributed by atoms with Crippen LogP contribution >= 0.6 is 0 Å². The van der Waals surface area contributed by atoms with Gasteiger partial charge in [-0.2, -0.15) is 0 Å². The van der Waals surface area contributed by atoms with Gasteiger partial charge in [-0.05, 0) is 31.9 Å². The molecule has 0 spiro atoms. The number of carbonyl (C=O) groups is 1. The molecule has 1 fully saturated rings. The highest BCUT2D eigenvalue weighted by Gasteiger charge is 2.28. The fourth-order valence-electron chi connectivity index (χ4n) is 2.65. The van der Waals surface area contributed by atoms with Crippen LogP contribution < -0.4 is 0 Å². The standard InChI is InChI=1S/C16H23NO3/c1-11-4-5-12(2)14(8-11)15-9-17(7-6-16(18)19)13(3)10-20-15/h4-5,8,13,15H,6-7,9-10H2,1-3H3,(H,18,19). The van der Waals surface area contributed by atoms with Gasteiger partial charge in [0, 0.05) is 19.1 Å². The highest BCUT2D eigenvalue weighted by atomic mass is 16.5. The lowest BCUT2D eigenvalue weighted by molar-refractivity contribution is -0.138. The van der Waals surface area contributed by atoms with Crippen LogP contribution in [0.1, 0.15) is 36.1 Å². The van der Waals surface area contributed by atoms with E-state index in [4.69, 9.17) is 9.84 Å². The Balaban J connectivity index is 2.09. The van der Waals surface area contributed by atoms with Crippen LogP contribution in [0.2, 0.25) is 0 Å². The van der Waals surface area contributed by atoms with Crippen LogP contribution in [0.4, 0.5) is 0 Å². The predicted octanol–water partition coefficient (Wildman–Crippen LogP) is 2.54. The van der Waals surface area contributed by atoms with E-state index in [2.05, 4.69) is 43.9 Å². The molecule has 1 aliphatic heterocycles. The molecule has 1 aromatic carbocycles. The highest BCUT2D eigenvalue weighted by Crippen LogP contribution is 2.28. The van der Waals surface area contributed by atoms with Crippen molar-refractivity contribution < 1.29 is 14.6 Å². The van der Waals surface area contributed by atoms with Gasteiger partial charge in [-0.25, -0.2) is 0 Å². The number of hydrogen-bond acceptors (Lipinski definition) is 3. The number of aliphatic carboxylic acids is 1. The highest BCUT2D eigenvalue weighted by molar-refractivity contribution is 5.66. The van der Waals surface area contributed by atoms with Crippen molar-refractivity contribution in [1.82, 2.24) is 4.90 Å². The maximum Gasteiger partial charge on any atom is 0.304 e. The fraction of sp³-hybridized carbons (Fsp3) is 0.562. The molecule has 1 aliphatic rings. The molecule has 1 heterocycles. The molecule has 0 aliphatic carbocycles. The van der Waals surface area contributed by atoms with E-state index < -0.39 is 5.97 Å². The van der Waals surface area contributed by atoms with Crippen LogP contribution in [0.5, 0.6) is 0 Å². The number of ether oxygens (including phenoxy) is 1. The molecule has 2 atom stereocenters. The average molecular weight is 277 g/mol. The molecule has 0 saturated carbocycles. The summed E-state index contributed by atoms with van der Waals surface area (Å²) in [6.07, 6.45) is 0.226. The summed E-state index contributed by atoms with van der Waals surface area (Å²) < 4.78 is 5.96. The molecule has 4 nitrogen and oxygen atoms in total. The molecule has 0 amide bonds. The van der Waals surface area contributed by atoms with E-state index in [1.54, 1.807) is 0 Å². The lowest BCUT2D eigenvalue weighted by Crippen LogP contribution is -2.45. The number of carboxylic acids is 1. The van der Waals surface area contributed by atoms with Crippen molar-refractivity contribution in [3.63, 3.8) is 0 Å². The van der Waals surface area contributed by atoms with Crippen LogP contribution in [0.15, 0.2) is 18.2 Å². The van der Waals surface area contributed by atoms with Crippen molar-refractivity contribution in [2.75, 3.05) is 19.7 Å². The van der Waals surface area contributed by atoms with Gasteiger partial charge in [-0.3, -0.25) is 9.69 Å². The van der Waals surface area contributed by atoms with Gasteiger partial charge in [0.05, 0.1) is 19.1 Å². The van der Waals surface area contributed by atoms with Crippen molar-refractivity contribution in [3.8, 4) is 0 Å². The summed E-state index contributed by atoms with van der Waals surface area (Å²) in [6.45, 7) is 8.26. The summed E-state index contributed by atoms with van der Waals surface area (Å²) in [5.41, 5.74) is 3.68. The first kappa shape index (κ1) is 15.0. The number of morpholine rings is 1. The average Bonchev–Trinajstić information content (AvgIpc) is 2.40. The molecular formula is C16H23NO3. The summed E-state index contributed by atoms with van der Waals surface area (Å²) in [4.78, 5) is 13.0. The zero-order valence-corrected chi connectivity index (χ0v) is 12.4. The van der Waals surface area contributed by atoms with Crippen LogP contribution in [0.3, 0.4) is 0 Å². The number of aryl methyl sites for hydroxylation is 2. The Hall–Kier alpha value is -1.39. The van der Waals surface area contributed by atoms with Crippen LogP contribution in [-0.4, -0.2) is 41.7 Å². The molecule has 0 aromatic heterocycles. The minimum atomic E-state index is -0.744. The predicted molar refractivity (Wildman–Crippen MR) is 77.9 cm³/mol. The van der Waals surface area contributed by atoms with Gasteiger partial charge in [0.1, 0.15) is 0 Å². The molecule has 0 radical (unpaired) electrons. The van der Waals surface area contributed by atoms with E-state index >= 15 is 0 Å². The second-order valence-corrected chi connectivity index (χ2v) is 5.67. The number of benzene rings is 1. The first-order valence-corrected chi connectivity index (χ1v) is 7.12. The minimum Gasteiger partial charge on any atom is -0.481 e. The number of rotatable bonds is 4. The largest absolute Gasteiger partial charge is 0.481 e. The summed E-state index contributed by atoms with van der Waals surface area (Å²) in [7, 11) is 0. The summed E-state index contributed by atoms with van der Waals surface area (Å²) >= 11 is 0. The van der Waals surface area contributed by atoms with Gasteiger partial charge >= 0.3 is 5.97 Å². The van der Waals surface area contributed by atoms with Crippen LogP contribution in [0, 0.1) is 13.8 Å². The lowest BCUT2D eigenvalue weighted by Gasteiger charge is -2.38. The van der Waals surface area contributed by atoms with Gasteiger partial charge < -0.3 is 9.84 Å². The monoisotopic (exact) mass is 277 g/mol. The van der Waals surface area contributed by atoms with Crippen molar-refractivity contribution in [2.24, 2.45) is 0 Å². The molecule has 20 heavy (non-hydrogen) atoms. The first-order chi connectivity index (χ1) is 9.47. The second kappa shape index (κ2) is 6.37. The topological polar surface area (TPSA) is 49.8 Å². The van der Waals surface area contributed by atoms with E-state index in [0.717, 1.165) is 6.54 Å². The van der Waals surface area contributed by atoms with Crippen molar-refractivity contribution in [2.45, 2.75) is 39.3 Å². The Morgan fingerprint density at radius 1 is 1.45 bits per heavy atom. The Morgan fingerprint density at radius 3 is 2.90 bits per heavy atom. The maximum absolute atomic E-state index is 10.7. The third kappa shape index (κ3) is 3.58. The van der Waals surface area contributed by atoms with Gasteiger partial charge in [0.25, 0.3) is 0 Å². The molecular weight excluding hydrogens is 254 g/mol. The maximum atomic E-state index is 10.7. The minimum absolute atomic E-state index is 0.0416. The molecule has 4 heteroatoms. The summed E-state index contributed by atoms with van der Waals surface area (Å²) in [5, 5.41) is 8.84. The molecule has 1 aromatic rings. The molecule has 0 bridgehead atoms. The van der Waals surface area contributed by atoms with Crippen molar-refractivity contribution in [1.29, 1.82) is 0 Å². The Kier molecular flexibility index (Phi) is 4.78. The quantitative estimate of drug-likeness (QED) is 0.919. The molecule has 2 rings (SSSR count). The van der Waals surface area contributed by atoms with Gasteiger partial charge in [0.15, 0.2) is 0 Å². The zero-order valence-electron chi connectivity index (χ0n) is 12.4. The van der Waals surface area contributed by atoms with Gasteiger partial charge in [-0.15, -0.1) is 0 Å². The van der Waals surface area contributed by atoms with Crippen molar-refractivity contribution in [3.05, 3.63) is 34.9 Å². The third-order valence-corrected chi connectivity index (χ3v) is 3.96. The van der Waals surface area contributed by atoms with E-state index in [1.165, 1.54) is 16.7 Å². The van der Waals surface area contributed by atoms with E-state index in [9.17, 15) is 4.79 Å². The number of carboxylic acid groups (broad SMARTS) is 1. The zero-order chi connectivity index (χ0) is 14.7. The first-order valence-electron chi connectivity index (χ1n) is 7.12. The molecule has 1 N–H and O–H groups in total. The van der Waals surface area contributed by atoms with Crippen LogP contribution in [-0.2, 0) is 9.53 Å². The molecule has 1 saturated heterocycles. The summed E-state index contributed by atoms with van der Waals surface area (Å²) in [5.74, 6) is -0.744. The van der Waals surface area contributed by atoms with E-state index in [-0.39, 0.29) is 18.6 Å². The lowest BCUT2D eigenvalue weighted by atomic mass is 9.99. The molecule has 2 unspecified atom stereocenters. The SMILES string of the molecule is Cc1ccc(C)c(C2CN(CCC(=O)O)C(C)CO2)c1. The Labute approximate surface area is 120 Å². The second-order valence-electron chi connectivity index (χ2n) is 5.67. The van der Waals surface area contributed by atoms with Gasteiger partial charge in [-0.1, -0.05) is 23.8 Å².